The number of nitrogens with zero attached hydrogens (tertiary/aromatic N) is 1. The van der Waals surface area contributed by atoms with Crippen LogP contribution in [0.1, 0.15) is 22.3 Å². The third kappa shape index (κ3) is 1.78. The maximum atomic E-state index is 4.72. The summed E-state index contributed by atoms with van der Waals surface area (Å²) in [6.45, 7) is 3.07. The predicted octanol–water partition coefficient (Wildman–Crippen LogP) is 3.39. The molecule has 1 aliphatic rings. The lowest BCUT2D eigenvalue weighted by molar-refractivity contribution is 0.940. The van der Waals surface area contributed by atoms with Crippen molar-refractivity contribution in [2.24, 2.45) is 4.99 Å². The molecule has 0 saturated heterocycles. The number of hydrogen-bond donors (Lipinski definition) is 0. The molecule has 1 aliphatic heterocycles. The van der Waals surface area contributed by atoms with Crippen molar-refractivity contribution in [3.8, 4) is 0 Å². The Hall–Kier alpha value is -1.89. The van der Waals surface area contributed by atoms with E-state index in [9.17, 15) is 0 Å². The molecular formula is C16H15N. The highest BCUT2D eigenvalue weighted by Crippen LogP contribution is 2.23. The molecule has 0 saturated carbocycles. The molecule has 0 radical (unpaired) electrons. The third-order valence-electron chi connectivity index (χ3n) is 3.29. The Morgan fingerprint density at radius 1 is 0.941 bits per heavy atom. The van der Waals surface area contributed by atoms with Gasteiger partial charge in [-0.3, -0.25) is 4.99 Å². The summed E-state index contributed by atoms with van der Waals surface area (Å²) in [5, 5.41) is 0. The lowest BCUT2D eigenvalue weighted by atomic mass is 9.90. The molecule has 0 atom stereocenters. The average molecular weight is 221 g/mol. The van der Waals surface area contributed by atoms with Gasteiger partial charge in [-0.2, -0.15) is 0 Å². The van der Waals surface area contributed by atoms with E-state index in [2.05, 4.69) is 49.4 Å². The molecule has 0 amide bonds. The van der Waals surface area contributed by atoms with Crippen LogP contribution >= 0.6 is 0 Å². The molecule has 17 heavy (non-hydrogen) atoms. The van der Waals surface area contributed by atoms with E-state index in [1.807, 2.05) is 6.07 Å². The first-order valence-electron chi connectivity index (χ1n) is 6.05. The standard InChI is InChI=1S/C16H15N/c1-12-6-5-9-13-10-11-17-16(15(12)13)14-7-3-2-4-8-14/h2-9H,10-11H2,1H3. The molecule has 2 aromatic carbocycles. The Kier molecular flexibility index (Phi) is 2.52. The van der Waals surface area contributed by atoms with Crippen LogP contribution in [0.3, 0.4) is 0 Å². The van der Waals surface area contributed by atoms with E-state index in [4.69, 9.17) is 4.99 Å². The van der Waals surface area contributed by atoms with E-state index >= 15 is 0 Å². The van der Waals surface area contributed by atoms with Crippen LogP contribution in [0.2, 0.25) is 0 Å². The van der Waals surface area contributed by atoms with Crippen LogP contribution < -0.4 is 0 Å². The van der Waals surface area contributed by atoms with Gasteiger partial charge in [0.25, 0.3) is 0 Å². The van der Waals surface area contributed by atoms with Gasteiger partial charge in [-0.05, 0) is 24.5 Å². The van der Waals surface area contributed by atoms with E-state index in [0.29, 0.717) is 0 Å². The first-order valence-corrected chi connectivity index (χ1v) is 6.05. The molecule has 1 heterocycles. The molecule has 0 spiro atoms. The molecule has 0 N–H and O–H groups in total. The quantitative estimate of drug-likeness (QED) is 0.700. The van der Waals surface area contributed by atoms with Crippen LogP contribution in [-0.2, 0) is 6.42 Å². The minimum atomic E-state index is 0.903. The van der Waals surface area contributed by atoms with E-state index < -0.39 is 0 Å². The highest BCUT2D eigenvalue weighted by Gasteiger charge is 2.16. The van der Waals surface area contributed by atoms with E-state index in [1.54, 1.807) is 0 Å². The number of aryl methyl sites for hydroxylation is 1. The van der Waals surface area contributed by atoms with Gasteiger partial charge in [0.15, 0.2) is 0 Å². The molecule has 0 bridgehead atoms. The molecule has 1 nitrogen and oxygen atoms in total. The van der Waals surface area contributed by atoms with Gasteiger partial charge in [0.05, 0.1) is 5.71 Å². The van der Waals surface area contributed by atoms with Gasteiger partial charge in [-0.25, -0.2) is 0 Å². The highest BCUT2D eigenvalue weighted by atomic mass is 14.7. The van der Waals surface area contributed by atoms with Crippen LogP contribution in [-0.4, -0.2) is 12.3 Å². The third-order valence-corrected chi connectivity index (χ3v) is 3.29. The Balaban J connectivity index is 2.18. The molecule has 0 aromatic heterocycles. The Labute approximate surface area is 102 Å². The number of hydrogen-bond acceptors (Lipinski definition) is 1. The van der Waals surface area contributed by atoms with Gasteiger partial charge < -0.3 is 0 Å². The summed E-state index contributed by atoms with van der Waals surface area (Å²) >= 11 is 0. The Bertz CT molecular complexity index is 567. The smallest absolute Gasteiger partial charge is 0.0724 e. The summed E-state index contributed by atoms with van der Waals surface area (Å²) in [4.78, 5) is 4.72. The second-order valence-electron chi connectivity index (χ2n) is 4.46. The molecule has 0 aliphatic carbocycles. The monoisotopic (exact) mass is 221 g/mol. The van der Waals surface area contributed by atoms with Crippen LogP contribution in [0.25, 0.3) is 0 Å². The second-order valence-corrected chi connectivity index (χ2v) is 4.46. The number of fused-ring (bicyclic) bond motifs is 1. The first-order chi connectivity index (χ1) is 8.36. The van der Waals surface area contributed by atoms with E-state index in [-0.39, 0.29) is 0 Å². The summed E-state index contributed by atoms with van der Waals surface area (Å²) in [6, 6.07) is 17.0. The van der Waals surface area contributed by atoms with Crippen molar-refractivity contribution in [1.29, 1.82) is 0 Å². The van der Waals surface area contributed by atoms with Crippen LogP contribution in [0.4, 0.5) is 0 Å². The van der Waals surface area contributed by atoms with Gasteiger partial charge in [-0.15, -0.1) is 0 Å². The van der Waals surface area contributed by atoms with Crippen molar-refractivity contribution in [3.05, 3.63) is 70.8 Å². The van der Waals surface area contributed by atoms with Crippen molar-refractivity contribution in [2.45, 2.75) is 13.3 Å². The topological polar surface area (TPSA) is 12.4 Å². The summed E-state index contributed by atoms with van der Waals surface area (Å²) in [6.07, 6.45) is 1.06. The zero-order valence-corrected chi connectivity index (χ0v) is 9.98. The van der Waals surface area contributed by atoms with Crippen molar-refractivity contribution < 1.29 is 0 Å². The second kappa shape index (κ2) is 4.17. The van der Waals surface area contributed by atoms with Gasteiger partial charge in [0.1, 0.15) is 0 Å². The lowest BCUT2D eigenvalue weighted by Crippen LogP contribution is -2.15. The normalized spacial score (nSPS) is 14.1. The van der Waals surface area contributed by atoms with Crippen molar-refractivity contribution >= 4 is 5.71 Å². The summed E-state index contributed by atoms with van der Waals surface area (Å²) in [5.74, 6) is 0. The van der Waals surface area contributed by atoms with Crippen LogP contribution in [0.15, 0.2) is 53.5 Å². The van der Waals surface area contributed by atoms with E-state index in [0.717, 1.165) is 18.7 Å². The largest absolute Gasteiger partial charge is 0.284 e. The fourth-order valence-corrected chi connectivity index (χ4v) is 2.47. The fraction of sp³-hybridized carbons (Fsp3) is 0.188. The molecule has 3 rings (SSSR count). The van der Waals surface area contributed by atoms with Crippen molar-refractivity contribution in [2.75, 3.05) is 6.54 Å². The van der Waals surface area contributed by atoms with E-state index in [1.165, 1.54) is 22.3 Å². The zero-order chi connectivity index (χ0) is 11.7. The molecule has 84 valence electrons. The predicted molar refractivity (Wildman–Crippen MR) is 71.8 cm³/mol. The fourth-order valence-electron chi connectivity index (χ4n) is 2.47. The molecule has 1 heteroatoms. The zero-order valence-electron chi connectivity index (χ0n) is 9.98. The minimum Gasteiger partial charge on any atom is -0.284 e. The first kappa shape index (κ1) is 10.3. The molecule has 2 aromatic rings. The minimum absolute atomic E-state index is 0.903. The molecule has 0 fully saturated rings. The van der Waals surface area contributed by atoms with Crippen LogP contribution in [0, 0.1) is 6.92 Å². The highest BCUT2D eigenvalue weighted by molar-refractivity contribution is 6.15. The maximum Gasteiger partial charge on any atom is 0.0724 e. The lowest BCUT2D eigenvalue weighted by Gasteiger charge is -2.19. The number of aliphatic imine (C=N–C) groups is 1. The SMILES string of the molecule is Cc1cccc2c1C(c1ccccc1)=NCC2. The average Bonchev–Trinajstić information content (AvgIpc) is 2.39. The Morgan fingerprint density at radius 2 is 1.76 bits per heavy atom. The maximum absolute atomic E-state index is 4.72. The van der Waals surface area contributed by atoms with Gasteiger partial charge >= 0.3 is 0 Å². The molecular weight excluding hydrogens is 206 g/mol. The van der Waals surface area contributed by atoms with Gasteiger partial charge in [0.2, 0.25) is 0 Å². The van der Waals surface area contributed by atoms with Gasteiger partial charge in [-0.1, -0.05) is 48.5 Å². The Morgan fingerprint density at radius 3 is 2.59 bits per heavy atom. The van der Waals surface area contributed by atoms with Crippen molar-refractivity contribution in [3.63, 3.8) is 0 Å². The number of benzene rings is 2. The number of rotatable bonds is 1. The summed E-state index contributed by atoms with van der Waals surface area (Å²) < 4.78 is 0. The molecule has 0 unspecified atom stereocenters. The van der Waals surface area contributed by atoms with Gasteiger partial charge in [0, 0.05) is 17.7 Å². The summed E-state index contributed by atoms with van der Waals surface area (Å²) in [7, 11) is 0. The summed E-state index contributed by atoms with van der Waals surface area (Å²) in [5.41, 5.74) is 6.47. The van der Waals surface area contributed by atoms with Crippen LogP contribution in [0.5, 0.6) is 0 Å². The van der Waals surface area contributed by atoms with Crippen molar-refractivity contribution in [1.82, 2.24) is 0 Å².